The molecule has 0 bridgehead atoms. The maximum atomic E-state index is 5.05. The molecule has 0 radical (unpaired) electrons. The average molecular weight is 515 g/mol. The van der Waals surface area contributed by atoms with Crippen LogP contribution in [-0.4, -0.2) is 9.97 Å². The molecule has 6 aromatic rings. The Bertz CT molecular complexity index is 1860. The van der Waals surface area contributed by atoms with Crippen LogP contribution in [0, 0.1) is 0 Å². The van der Waals surface area contributed by atoms with E-state index in [0.29, 0.717) is 5.82 Å². The first kappa shape index (κ1) is 25.2. The van der Waals surface area contributed by atoms with Crippen LogP contribution in [0.3, 0.4) is 0 Å². The van der Waals surface area contributed by atoms with Gasteiger partial charge in [-0.1, -0.05) is 121 Å². The molecule has 192 valence electrons. The van der Waals surface area contributed by atoms with Crippen LogP contribution in [0.4, 0.5) is 0 Å². The predicted octanol–water partition coefficient (Wildman–Crippen LogP) is 10.3. The topological polar surface area (TPSA) is 25.8 Å². The van der Waals surface area contributed by atoms with E-state index in [0.717, 1.165) is 39.2 Å². The Labute approximate surface area is 236 Å². The second-order valence-corrected chi connectivity index (χ2v) is 9.80. The highest BCUT2D eigenvalue weighted by Gasteiger charge is 2.12. The Morgan fingerprint density at radius 1 is 0.500 bits per heavy atom. The van der Waals surface area contributed by atoms with Crippen molar-refractivity contribution < 1.29 is 0 Å². The lowest BCUT2D eigenvalue weighted by Crippen LogP contribution is -1.96. The highest BCUT2D eigenvalue weighted by molar-refractivity contribution is 5.88. The first-order chi connectivity index (χ1) is 19.7. The normalized spacial score (nSPS) is 11.8. The predicted molar refractivity (Wildman–Crippen MR) is 170 cm³/mol. The van der Waals surface area contributed by atoms with Gasteiger partial charge in [0.25, 0.3) is 0 Å². The summed E-state index contributed by atoms with van der Waals surface area (Å²) in [7, 11) is 0. The van der Waals surface area contributed by atoms with Crippen molar-refractivity contribution in [2.24, 2.45) is 0 Å². The summed E-state index contributed by atoms with van der Waals surface area (Å²) in [5.41, 5.74) is 9.62. The van der Waals surface area contributed by atoms with Crippen LogP contribution in [-0.2, 0) is 0 Å². The minimum absolute atomic E-state index is 0.717. The molecule has 2 heteroatoms. The highest BCUT2D eigenvalue weighted by atomic mass is 14.9. The van der Waals surface area contributed by atoms with Crippen molar-refractivity contribution in [2.45, 2.75) is 13.8 Å². The Morgan fingerprint density at radius 2 is 1.12 bits per heavy atom. The van der Waals surface area contributed by atoms with E-state index < -0.39 is 0 Å². The molecule has 0 N–H and O–H groups in total. The number of hydrogen-bond donors (Lipinski definition) is 0. The van der Waals surface area contributed by atoms with Crippen molar-refractivity contribution >= 4 is 16.3 Å². The molecule has 0 aliphatic heterocycles. The Balaban J connectivity index is 1.48. The van der Waals surface area contributed by atoms with Crippen LogP contribution in [0.2, 0.25) is 0 Å². The van der Waals surface area contributed by atoms with Gasteiger partial charge in [-0.3, -0.25) is 0 Å². The van der Waals surface area contributed by atoms with Gasteiger partial charge < -0.3 is 0 Å². The molecule has 0 unspecified atom stereocenters. The second kappa shape index (κ2) is 11.3. The molecule has 0 aliphatic rings. The van der Waals surface area contributed by atoms with Gasteiger partial charge in [-0.2, -0.15) is 0 Å². The number of nitrogens with zero attached hydrogens (tertiary/aromatic N) is 2. The van der Waals surface area contributed by atoms with Gasteiger partial charge in [-0.25, -0.2) is 9.97 Å². The van der Waals surface area contributed by atoms with Crippen LogP contribution in [0.5, 0.6) is 0 Å². The van der Waals surface area contributed by atoms with Crippen LogP contribution in [0.1, 0.15) is 19.4 Å². The summed E-state index contributed by atoms with van der Waals surface area (Å²) in [6, 6.07) is 44.6. The minimum atomic E-state index is 0.717. The van der Waals surface area contributed by atoms with Gasteiger partial charge in [-0.15, -0.1) is 0 Å². The SMILES string of the molecule is C/C=C\C(=C/C)c1cccc(-c2cc(-c3cccc(-c4ccc5ccccc5c4)c3)nc(-c3ccccc3)n2)c1. The van der Waals surface area contributed by atoms with Gasteiger partial charge in [0.2, 0.25) is 0 Å². The van der Waals surface area contributed by atoms with Crippen molar-refractivity contribution in [2.75, 3.05) is 0 Å². The standard InChI is InChI=1S/C38H30N2/c1-3-12-27(4-2)30-17-10-19-34(24-30)36-26-37(40-38(39-36)29-14-6-5-7-15-29)35-20-11-18-32(25-35)33-22-21-28-13-8-9-16-31(28)23-33/h3-26H,1-2H3/b12-3-,27-4+. The zero-order valence-corrected chi connectivity index (χ0v) is 22.8. The third-order valence-corrected chi connectivity index (χ3v) is 7.15. The molecule has 5 aromatic carbocycles. The van der Waals surface area contributed by atoms with E-state index >= 15 is 0 Å². The molecule has 0 atom stereocenters. The monoisotopic (exact) mass is 514 g/mol. The smallest absolute Gasteiger partial charge is 0.160 e. The van der Waals surface area contributed by atoms with Crippen LogP contribution >= 0.6 is 0 Å². The van der Waals surface area contributed by atoms with Crippen molar-refractivity contribution in [1.29, 1.82) is 0 Å². The van der Waals surface area contributed by atoms with E-state index in [1.165, 1.54) is 21.9 Å². The molecular weight excluding hydrogens is 484 g/mol. The Kier molecular flexibility index (Phi) is 7.15. The van der Waals surface area contributed by atoms with Crippen molar-refractivity contribution in [3.8, 4) is 45.0 Å². The molecule has 2 nitrogen and oxygen atoms in total. The van der Waals surface area contributed by atoms with E-state index in [9.17, 15) is 0 Å². The first-order valence-electron chi connectivity index (χ1n) is 13.7. The fourth-order valence-corrected chi connectivity index (χ4v) is 5.08. The lowest BCUT2D eigenvalue weighted by atomic mass is 9.97. The van der Waals surface area contributed by atoms with Crippen molar-refractivity contribution in [3.63, 3.8) is 0 Å². The molecule has 1 heterocycles. The molecule has 0 saturated carbocycles. The van der Waals surface area contributed by atoms with Gasteiger partial charge in [0.15, 0.2) is 5.82 Å². The Hall–Kier alpha value is -5.08. The van der Waals surface area contributed by atoms with Crippen molar-refractivity contribution in [3.05, 3.63) is 151 Å². The summed E-state index contributed by atoms with van der Waals surface area (Å²) >= 11 is 0. The number of allylic oxidation sites excluding steroid dienone is 4. The third kappa shape index (κ3) is 5.25. The summed E-state index contributed by atoms with van der Waals surface area (Å²) in [5.74, 6) is 0.717. The highest BCUT2D eigenvalue weighted by Crippen LogP contribution is 2.32. The zero-order valence-electron chi connectivity index (χ0n) is 22.8. The summed E-state index contributed by atoms with van der Waals surface area (Å²) < 4.78 is 0. The number of benzene rings is 5. The van der Waals surface area contributed by atoms with E-state index in [2.05, 4.69) is 134 Å². The Morgan fingerprint density at radius 3 is 1.88 bits per heavy atom. The number of hydrogen-bond acceptors (Lipinski definition) is 2. The quantitative estimate of drug-likeness (QED) is 0.207. The second-order valence-electron chi connectivity index (χ2n) is 9.80. The minimum Gasteiger partial charge on any atom is -0.228 e. The summed E-state index contributed by atoms with van der Waals surface area (Å²) in [5, 5.41) is 2.48. The van der Waals surface area contributed by atoms with Gasteiger partial charge in [-0.05, 0) is 71.1 Å². The van der Waals surface area contributed by atoms with E-state index in [1.54, 1.807) is 0 Å². The lowest BCUT2D eigenvalue weighted by molar-refractivity contribution is 1.18. The summed E-state index contributed by atoms with van der Waals surface area (Å²) in [6.45, 7) is 4.11. The largest absolute Gasteiger partial charge is 0.228 e. The molecule has 0 amide bonds. The van der Waals surface area contributed by atoms with Gasteiger partial charge in [0, 0.05) is 16.7 Å². The van der Waals surface area contributed by atoms with Crippen molar-refractivity contribution in [1.82, 2.24) is 9.97 Å². The average Bonchev–Trinajstić information content (AvgIpc) is 3.03. The molecule has 0 aliphatic carbocycles. The number of aromatic nitrogens is 2. The molecule has 1 aromatic heterocycles. The molecule has 0 fully saturated rings. The lowest BCUT2D eigenvalue weighted by Gasteiger charge is -2.12. The maximum absolute atomic E-state index is 5.05. The number of fused-ring (bicyclic) bond motifs is 1. The summed E-state index contributed by atoms with van der Waals surface area (Å²) in [6.07, 6.45) is 6.34. The fraction of sp³-hybridized carbons (Fsp3) is 0.0526. The van der Waals surface area contributed by atoms with E-state index in [-0.39, 0.29) is 0 Å². The van der Waals surface area contributed by atoms with Crippen LogP contribution in [0.25, 0.3) is 61.4 Å². The summed E-state index contributed by atoms with van der Waals surface area (Å²) in [4.78, 5) is 10.1. The third-order valence-electron chi connectivity index (χ3n) is 7.15. The van der Waals surface area contributed by atoms with Gasteiger partial charge >= 0.3 is 0 Å². The fourth-order valence-electron chi connectivity index (χ4n) is 5.08. The molecule has 0 saturated heterocycles. The maximum Gasteiger partial charge on any atom is 0.160 e. The first-order valence-corrected chi connectivity index (χ1v) is 13.7. The molecule has 0 spiro atoms. The molecular formula is C38H30N2. The molecule has 6 rings (SSSR count). The van der Waals surface area contributed by atoms with Crippen LogP contribution < -0.4 is 0 Å². The van der Waals surface area contributed by atoms with Gasteiger partial charge in [0.1, 0.15) is 0 Å². The number of rotatable bonds is 6. The van der Waals surface area contributed by atoms with E-state index in [4.69, 9.17) is 9.97 Å². The van der Waals surface area contributed by atoms with E-state index in [1.807, 2.05) is 25.1 Å². The van der Waals surface area contributed by atoms with Gasteiger partial charge in [0.05, 0.1) is 11.4 Å². The van der Waals surface area contributed by atoms with Crippen LogP contribution in [0.15, 0.2) is 146 Å². The molecule has 40 heavy (non-hydrogen) atoms. The zero-order chi connectivity index (χ0) is 27.3.